The van der Waals surface area contributed by atoms with Crippen LogP contribution in [0.15, 0.2) is 0 Å². The number of aryl methyl sites for hydroxylation is 1. The summed E-state index contributed by atoms with van der Waals surface area (Å²) in [4.78, 5) is 7.97. The van der Waals surface area contributed by atoms with Crippen LogP contribution in [-0.2, 0) is 0 Å². The van der Waals surface area contributed by atoms with Gasteiger partial charge < -0.3 is 10.0 Å². The van der Waals surface area contributed by atoms with Gasteiger partial charge in [-0.05, 0) is 26.7 Å². The first-order valence-corrected chi connectivity index (χ1v) is 6.90. The number of aliphatic hydroxyl groups is 1. The Morgan fingerprint density at radius 1 is 1.25 bits per heavy atom. The molecular formula is C12H20N2OS. The van der Waals surface area contributed by atoms with Crippen molar-refractivity contribution >= 4 is 16.5 Å². The standard InChI is InChI=1S/C12H20N2OS/c1-9-11(10(2)15)16-12(13-9)14-7-5-3-4-6-8-14/h10,15H,3-8H2,1-2H3. The highest BCUT2D eigenvalue weighted by atomic mass is 32.1. The monoisotopic (exact) mass is 240 g/mol. The highest BCUT2D eigenvalue weighted by molar-refractivity contribution is 7.15. The van der Waals surface area contributed by atoms with Crippen molar-refractivity contribution in [3.63, 3.8) is 0 Å². The Morgan fingerprint density at radius 2 is 1.88 bits per heavy atom. The normalized spacial score (nSPS) is 19.6. The molecule has 1 aliphatic heterocycles. The van der Waals surface area contributed by atoms with Crippen LogP contribution in [0.1, 0.15) is 49.3 Å². The lowest BCUT2D eigenvalue weighted by Gasteiger charge is -2.18. The lowest BCUT2D eigenvalue weighted by Crippen LogP contribution is -2.23. The van der Waals surface area contributed by atoms with Gasteiger partial charge in [0.05, 0.1) is 16.7 Å². The van der Waals surface area contributed by atoms with Crippen LogP contribution in [0.25, 0.3) is 0 Å². The van der Waals surface area contributed by atoms with Crippen molar-refractivity contribution in [2.24, 2.45) is 0 Å². The zero-order chi connectivity index (χ0) is 11.5. The Morgan fingerprint density at radius 3 is 2.38 bits per heavy atom. The molecule has 1 saturated heterocycles. The van der Waals surface area contributed by atoms with Crippen LogP contribution >= 0.6 is 11.3 Å². The minimum absolute atomic E-state index is 0.391. The van der Waals surface area contributed by atoms with E-state index < -0.39 is 6.10 Å². The third-order valence-electron chi connectivity index (χ3n) is 3.08. The summed E-state index contributed by atoms with van der Waals surface area (Å²) >= 11 is 1.65. The van der Waals surface area contributed by atoms with Crippen molar-refractivity contribution in [1.29, 1.82) is 0 Å². The third-order valence-corrected chi connectivity index (χ3v) is 4.47. The van der Waals surface area contributed by atoms with Crippen LogP contribution in [0.2, 0.25) is 0 Å². The van der Waals surface area contributed by atoms with Gasteiger partial charge in [-0.25, -0.2) is 4.98 Å². The number of rotatable bonds is 2. The van der Waals surface area contributed by atoms with Crippen LogP contribution in [-0.4, -0.2) is 23.2 Å². The number of aromatic nitrogens is 1. The summed E-state index contributed by atoms with van der Waals surface area (Å²) in [6.45, 7) is 6.03. The van der Waals surface area contributed by atoms with E-state index in [2.05, 4.69) is 9.88 Å². The van der Waals surface area contributed by atoms with Crippen LogP contribution in [0, 0.1) is 6.92 Å². The maximum absolute atomic E-state index is 9.62. The van der Waals surface area contributed by atoms with Crippen molar-refractivity contribution in [2.45, 2.75) is 45.6 Å². The highest BCUT2D eigenvalue weighted by Crippen LogP contribution is 2.31. The second-order valence-corrected chi connectivity index (χ2v) is 5.53. The molecular weight excluding hydrogens is 220 g/mol. The Balaban J connectivity index is 2.16. The molecule has 1 aromatic heterocycles. The lowest BCUT2D eigenvalue weighted by molar-refractivity contribution is 0.202. The molecule has 0 spiro atoms. The molecule has 90 valence electrons. The summed E-state index contributed by atoms with van der Waals surface area (Å²) in [6, 6.07) is 0. The molecule has 4 heteroatoms. The topological polar surface area (TPSA) is 36.4 Å². The van der Waals surface area contributed by atoms with E-state index in [0.717, 1.165) is 28.8 Å². The van der Waals surface area contributed by atoms with Crippen molar-refractivity contribution < 1.29 is 5.11 Å². The van der Waals surface area contributed by atoms with E-state index in [1.165, 1.54) is 25.7 Å². The van der Waals surface area contributed by atoms with Gasteiger partial charge in [0.1, 0.15) is 0 Å². The maximum atomic E-state index is 9.62. The maximum Gasteiger partial charge on any atom is 0.185 e. The summed E-state index contributed by atoms with van der Waals surface area (Å²) in [5.41, 5.74) is 0.985. The molecule has 0 bridgehead atoms. The van der Waals surface area contributed by atoms with E-state index in [9.17, 15) is 5.11 Å². The number of anilines is 1. The SMILES string of the molecule is Cc1nc(N2CCCCCC2)sc1C(C)O. The smallest absolute Gasteiger partial charge is 0.185 e. The summed E-state index contributed by atoms with van der Waals surface area (Å²) in [5.74, 6) is 0. The van der Waals surface area contributed by atoms with E-state index in [0.29, 0.717) is 0 Å². The molecule has 0 aliphatic carbocycles. The molecule has 16 heavy (non-hydrogen) atoms. The molecule has 2 heterocycles. The first kappa shape index (κ1) is 11.9. The van der Waals surface area contributed by atoms with Gasteiger partial charge in [-0.3, -0.25) is 0 Å². The summed E-state index contributed by atoms with van der Waals surface area (Å²) in [7, 11) is 0. The number of hydrogen-bond donors (Lipinski definition) is 1. The summed E-state index contributed by atoms with van der Waals surface area (Å²) < 4.78 is 0. The molecule has 2 rings (SSSR count). The molecule has 1 atom stereocenters. The Hall–Kier alpha value is -0.610. The van der Waals surface area contributed by atoms with E-state index in [-0.39, 0.29) is 0 Å². The van der Waals surface area contributed by atoms with Crippen molar-refractivity contribution in [1.82, 2.24) is 4.98 Å². The molecule has 0 radical (unpaired) electrons. The Labute approximate surface area is 101 Å². The van der Waals surface area contributed by atoms with E-state index in [4.69, 9.17) is 0 Å². The van der Waals surface area contributed by atoms with Crippen LogP contribution in [0.4, 0.5) is 5.13 Å². The first-order valence-electron chi connectivity index (χ1n) is 6.09. The molecule has 3 nitrogen and oxygen atoms in total. The van der Waals surface area contributed by atoms with Gasteiger partial charge in [-0.2, -0.15) is 0 Å². The fourth-order valence-electron chi connectivity index (χ4n) is 2.18. The fraction of sp³-hybridized carbons (Fsp3) is 0.750. The quantitative estimate of drug-likeness (QED) is 0.863. The minimum Gasteiger partial charge on any atom is -0.388 e. The third kappa shape index (κ3) is 2.55. The number of hydrogen-bond acceptors (Lipinski definition) is 4. The molecule has 0 amide bonds. The molecule has 1 N–H and O–H groups in total. The van der Waals surface area contributed by atoms with Crippen LogP contribution in [0.5, 0.6) is 0 Å². The van der Waals surface area contributed by atoms with Gasteiger partial charge in [-0.1, -0.05) is 24.2 Å². The summed E-state index contributed by atoms with van der Waals surface area (Å²) in [5, 5.41) is 10.7. The van der Waals surface area contributed by atoms with E-state index in [1.807, 2.05) is 13.8 Å². The molecule has 1 unspecified atom stereocenters. The van der Waals surface area contributed by atoms with Crippen molar-refractivity contribution in [2.75, 3.05) is 18.0 Å². The van der Waals surface area contributed by atoms with Crippen LogP contribution < -0.4 is 4.90 Å². The second kappa shape index (κ2) is 5.15. The number of thiazole rings is 1. The average molecular weight is 240 g/mol. The van der Waals surface area contributed by atoms with Gasteiger partial charge in [0, 0.05) is 13.1 Å². The molecule has 0 aromatic carbocycles. The predicted molar refractivity (Wildman–Crippen MR) is 68.2 cm³/mol. The van der Waals surface area contributed by atoms with Gasteiger partial charge in [0.25, 0.3) is 0 Å². The Kier molecular flexibility index (Phi) is 3.82. The number of nitrogens with zero attached hydrogens (tertiary/aromatic N) is 2. The predicted octanol–water partition coefficient (Wildman–Crippen LogP) is 2.89. The number of aliphatic hydroxyl groups excluding tert-OH is 1. The van der Waals surface area contributed by atoms with Crippen LogP contribution in [0.3, 0.4) is 0 Å². The van der Waals surface area contributed by atoms with E-state index >= 15 is 0 Å². The molecule has 1 aromatic rings. The van der Waals surface area contributed by atoms with Crippen molar-refractivity contribution in [3.05, 3.63) is 10.6 Å². The highest BCUT2D eigenvalue weighted by Gasteiger charge is 2.17. The molecule has 1 aliphatic rings. The van der Waals surface area contributed by atoms with Gasteiger partial charge >= 0.3 is 0 Å². The Bertz CT molecular complexity index is 341. The molecule has 0 saturated carbocycles. The fourth-order valence-corrected chi connectivity index (χ4v) is 3.23. The summed E-state index contributed by atoms with van der Waals surface area (Å²) in [6.07, 6.45) is 4.82. The zero-order valence-corrected chi connectivity index (χ0v) is 10.9. The zero-order valence-electron chi connectivity index (χ0n) is 10.1. The largest absolute Gasteiger partial charge is 0.388 e. The minimum atomic E-state index is -0.391. The van der Waals surface area contributed by atoms with Gasteiger partial charge in [0.2, 0.25) is 0 Å². The van der Waals surface area contributed by atoms with Crippen molar-refractivity contribution in [3.8, 4) is 0 Å². The average Bonchev–Trinajstić information content (AvgIpc) is 2.50. The first-order chi connectivity index (χ1) is 7.68. The van der Waals surface area contributed by atoms with Gasteiger partial charge in [-0.15, -0.1) is 0 Å². The second-order valence-electron chi connectivity index (χ2n) is 4.52. The van der Waals surface area contributed by atoms with E-state index in [1.54, 1.807) is 11.3 Å². The van der Waals surface area contributed by atoms with Gasteiger partial charge in [0.15, 0.2) is 5.13 Å². The molecule has 1 fully saturated rings. The lowest BCUT2D eigenvalue weighted by atomic mass is 10.2.